The molecule has 150 valence electrons. The third-order valence-electron chi connectivity index (χ3n) is 4.44. The number of anilines is 1. The average molecular weight is 412 g/mol. The second-order valence-corrected chi connectivity index (χ2v) is 7.58. The first-order valence-electron chi connectivity index (χ1n) is 8.87. The van der Waals surface area contributed by atoms with Gasteiger partial charge in [0.25, 0.3) is 5.91 Å². The van der Waals surface area contributed by atoms with E-state index in [0.29, 0.717) is 10.6 Å². The average Bonchev–Trinajstić information content (AvgIpc) is 2.99. The number of para-hydroxylation sites is 1. The molecule has 0 atom stereocenters. The maximum Gasteiger partial charge on any atom is 0.341 e. The predicted octanol–water partition coefficient (Wildman–Crippen LogP) is 3.42. The molecule has 0 unspecified atom stereocenters. The van der Waals surface area contributed by atoms with Crippen LogP contribution in [0.1, 0.15) is 26.4 Å². The van der Waals surface area contributed by atoms with Gasteiger partial charge in [0.05, 0.1) is 24.6 Å². The first-order chi connectivity index (χ1) is 13.9. The number of thiophene rings is 1. The minimum atomic E-state index is -0.537. The molecular weight excluding hydrogens is 392 g/mol. The Labute approximate surface area is 171 Å². The van der Waals surface area contributed by atoms with E-state index < -0.39 is 24.5 Å². The van der Waals surface area contributed by atoms with E-state index in [2.05, 4.69) is 10.3 Å². The summed E-state index contributed by atoms with van der Waals surface area (Å²) < 4.78 is 9.88. The van der Waals surface area contributed by atoms with Crippen LogP contribution in [0, 0.1) is 13.8 Å². The number of esters is 2. The zero-order valence-corrected chi connectivity index (χ0v) is 17.1. The van der Waals surface area contributed by atoms with Crippen LogP contribution in [-0.2, 0) is 25.5 Å². The highest BCUT2D eigenvalue weighted by molar-refractivity contribution is 7.16. The largest absolute Gasteiger partial charge is 0.465 e. The second-order valence-electron chi connectivity index (χ2n) is 6.36. The van der Waals surface area contributed by atoms with Crippen molar-refractivity contribution in [2.45, 2.75) is 20.3 Å². The number of aromatic nitrogens is 1. The number of carbonyl (C=O) groups excluding carboxylic acids is 3. The lowest BCUT2D eigenvalue weighted by Crippen LogP contribution is -2.22. The molecule has 0 aliphatic rings. The van der Waals surface area contributed by atoms with Crippen molar-refractivity contribution in [2.24, 2.45) is 0 Å². The summed E-state index contributed by atoms with van der Waals surface area (Å²) >= 11 is 1.27. The molecule has 0 saturated heterocycles. The number of hydrogen-bond donors (Lipinski definition) is 1. The number of methoxy groups -OCH3 is 1. The monoisotopic (exact) mass is 412 g/mol. The lowest BCUT2D eigenvalue weighted by molar-refractivity contribution is -0.146. The summed E-state index contributed by atoms with van der Waals surface area (Å²) in [6.45, 7) is 3.18. The van der Waals surface area contributed by atoms with Gasteiger partial charge < -0.3 is 14.8 Å². The van der Waals surface area contributed by atoms with Crippen molar-refractivity contribution in [3.63, 3.8) is 0 Å². The van der Waals surface area contributed by atoms with Gasteiger partial charge in [0.2, 0.25) is 0 Å². The zero-order valence-electron chi connectivity index (χ0n) is 16.3. The predicted molar refractivity (Wildman–Crippen MR) is 110 cm³/mol. The van der Waals surface area contributed by atoms with E-state index in [-0.39, 0.29) is 6.42 Å². The lowest BCUT2D eigenvalue weighted by atomic mass is 10.1. The number of amides is 1. The Morgan fingerprint density at radius 1 is 1.14 bits per heavy atom. The number of hydrogen-bond acceptors (Lipinski definition) is 7. The molecule has 0 aliphatic heterocycles. The van der Waals surface area contributed by atoms with Gasteiger partial charge in [0.15, 0.2) is 6.61 Å². The Morgan fingerprint density at radius 3 is 2.66 bits per heavy atom. The van der Waals surface area contributed by atoms with Gasteiger partial charge in [-0.05, 0) is 31.0 Å². The normalized spacial score (nSPS) is 10.6. The smallest absolute Gasteiger partial charge is 0.341 e. The van der Waals surface area contributed by atoms with Crippen LogP contribution >= 0.6 is 11.3 Å². The summed E-state index contributed by atoms with van der Waals surface area (Å²) in [6.07, 6.45) is 1.67. The number of benzene rings is 1. The summed E-state index contributed by atoms with van der Waals surface area (Å²) in [5.74, 6) is -1.59. The fourth-order valence-electron chi connectivity index (χ4n) is 2.89. The molecule has 7 nitrogen and oxygen atoms in total. The standard InChI is InChI=1S/C21H20N2O5S/c1-12-13(2)29-20(18(12)21(26)27-3)23-16(24)11-28-17(25)10-15-7-4-6-14-8-5-9-22-19(14)15/h4-9H,10-11H2,1-3H3,(H,23,24). The molecule has 2 aromatic heterocycles. The van der Waals surface area contributed by atoms with Crippen molar-refractivity contribution in [1.29, 1.82) is 0 Å². The molecule has 8 heteroatoms. The van der Waals surface area contributed by atoms with Gasteiger partial charge in [-0.15, -0.1) is 11.3 Å². The molecule has 29 heavy (non-hydrogen) atoms. The number of nitrogens with one attached hydrogen (secondary N) is 1. The number of ether oxygens (including phenoxy) is 2. The van der Waals surface area contributed by atoms with E-state index in [4.69, 9.17) is 9.47 Å². The first-order valence-corrected chi connectivity index (χ1v) is 9.68. The Hall–Kier alpha value is -3.26. The van der Waals surface area contributed by atoms with Gasteiger partial charge in [-0.1, -0.05) is 24.3 Å². The summed E-state index contributed by atoms with van der Waals surface area (Å²) in [5.41, 5.74) is 2.52. The molecule has 0 saturated carbocycles. The van der Waals surface area contributed by atoms with Crippen molar-refractivity contribution in [3.05, 3.63) is 58.1 Å². The number of carbonyl (C=O) groups is 3. The van der Waals surface area contributed by atoms with Crippen molar-refractivity contribution < 1.29 is 23.9 Å². The van der Waals surface area contributed by atoms with E-state index in [1.165, 1.54) is 18.4 Å². The zero-order chi connectivity index (χ0) is 21.0. The highest BCUT2D eigenvalue weighted by atomic mass is 32.1. The molecule has 0 bridgehead atoms. The minimum absolute atomic E-state index is 0.00621. The molecule has 2 heterocycles. The fourth-order valence-corrected chi connectivity index (χ4v) is 3.95. The molecule has 0 fully saturated rings. The number of nitrogens with zero attached hydrogens (tertiary/aromatic N) is 1. The second kappa shape index (κ2) is 8.83. The maximum absolute atomic E-state index is 12.2. The lowest BCUT2D eigenvalue weighted by Gasteiger charge is -2.08. The third kappa shape index (κ3) is 4.60. The van der Waals surface area contributed by atoms with Crippen LogP contribution in [0.4, 0.5) is 5.00 Å². The molecule has 3 rings (SSSR count). The fraction of sp³-hybridized carbons (Fsp3) is 0.238. The van der Waals surface area contributed by atoms with Crippen molar-refractivity contribution in [3.8, 4) is 0 Å². The Bertz CT molecular complexity index is 1080. The SMILES string of the molecule is COC(=O)c1c(NC(=O)COC(=O)Cc2cccc3cccnc23)sc(C)c1C. The van der Waals surface area contributed by atoms with Gasteiger partial charge in [-0.3, -0.25) is 14.6 Å². The summed E-state index contributed by atoms with van der Waals surface area (Å²) in [5, 5.41) is 3.93. The molecule has 1 amide bonds. The Balaban J connectivity index is 1.62. The van der Waals surface area contributed by atoms with E-state index in [0.717, 1.165) is 26.9 Å². The Morgan fingerprint density at radius 2 is 1.90 bits per heavy atom. The van der Waals surface area contributed by atoms with Gasteiger partial charge in [-0.2, -0.15) is 0 Å². The number of rotatable bonds is 6. The van der Waals surface area contributed by atoms with Gasteiger partial charge in [0.1, 0.15) is 5.00 Å². The summed E-state index contributed by atoms with van der Waals surface area (Å²) in [6, 6.07) is 9.29. The van der Waals surface area contributed by atoms with E-state index in [1.807, 2.05) is 31.2 Å². The van der Waals surface area contributed by atoms with Crippen LogP contribution in [0.25, 0.3) is 10.9 Å². The first kappa shape index (κ1) is 20.5. The Kier molecular flexibility index (Phi) is 6.23. The number of aryl methyl sites for hydroxylation is 1. The van der Waals surface area contributed by atoms with E-state index in [1.54, 1.807) is 19.2 Å². The van der Waals surface area contributed by atoms with Crippen molar-refractivity contribution >= 4 is 45.1 Å². The van der Waals surface area contributed by atoms with E-state index in [9.17, 15) is 14.4 Å². The topological polar surface area (TPSA) is 94.6 Å². The van der Waals surface area contributed by atoms with E-state index >= 15 is 0 Å². The van der Waals surface area contributed by atoms with Crippen molar-refractivity contribution in [1.82, 2.24) is 4.98 Å². The van der Waals surface area contributed by atoms with Gasteiger partial charge in [-0.25, -0.2) is 4.79 Å². The quantitative estimate of drug-likeness (QED) is 0.624. The van der Waals surface area contributed by atoms with Crippen LogP contribution < -0.4 is 5.32 Å². The highest BCUT2D eigenvalue weighted by Gasteiger charge is 2.22. The third-order valence-corrected chi connectivity index (χ3v) is 5.57. The van der Waals surface area contributed by atoms with Gasteiger partial charge in [0, 0.05) is 16.5 Å². The molecule has 1 N–H and O–H groups in total. The van der Waals surface area contributed by atoms with Gasteiger partial charge >= 0.3 is 11.9 Å². The molecule has 0 aliphatic carbocycles. The maximum atomic E-state index is 12.2. The molecule has 0 spiro atoms. The van der Waals surface area contributed by atoms with Crippen LogP contribution in [0.3, 0.4) is 0 Å². The number of pyridine rings is 1. The van der Waals surface area contributed by atoms with Crippen molar-refractivity contribution in [2.75, 3.05) is 19.0 Å². The summed E-state index contributed by atoms with van der Waals surface area (Å²) in [7, 11) is 1.28. The van der Waals surface area contributed by atoms with Crippen LogP contribution in [0.15, 0.2) is 36.5 Å². The van der Waals surface area contributed by atoms with Crippen LogP contribution in [0.2, 0.25) is 0 Å². The summed E-state index contributed by atoms with van der Waals surface area (Å²) in [4.78, 5) is 41.6. The molecule has 1 aromatic carbocycles. The molecular formula is C21H20N2O5S. The van der Waals surface area contributed by atoms with Crippen LogP contribution in [-0.4, -0.2) is 36.5 Å². The highest BCUT2D eigenvalue weighted by Crippen LogP contribution is 2.32. The van der Waals surface area contributed by atoms with Crippen LogP contribution in [0.5, 0.6) is 0 Å². The number of fused-ring (bicyclic) bond motifs is 1. The minimum Gasteiger partial charge on any atom is -0.465 e. The molecule has 0 radical (unpaired) electrons. The molecule has 3 aromatic rings.